The van der Waals surface area contributed by atoms with Gasteiger partial charge in [-0.25, -0.2) is 0 Å². The maximum absolute atomic E-state index is 11.9. The highest BCUT2D eigenvalue weighted by atomic mass is 16.5. The van der Waals surface area contributed by atoms with Crippen molar-refractivity contribution >= 4 is 5.91 Å². The second kappa shape index (κ2) is 7.59. The summed E-state index contributed by atoms with van der Waals surface area (Å²) in [5.41, 5.74) is 1.78. The SMILES string of the molecule is CC1(CNC(=O)Cc2cc(COCc3ccccc3)on2)COC1. The Morgan fingerprint density at radius 3 is 2.79 bits per heavy atom. The maximum Gasteiger partial charge on any atom is 0.226 e. The number of carbonyl (C=O) groups excluding carboxylic acids is 1. The third-order valence-electron chi connectivity index (χ3n) is 3.92. The minimum atomic E-state index is -0.0619. The Morgan fingerprint density at radius 1 is 1.29 bits per heavy atom. The van der Waals surface area contributed by atoms with Gasteiger partial charge in [-0.05, 0) is 5.56 Å². The molecule has 1 aromatic heterocycles. The molecule has 128 valence electrons. The molecule has 1 amide bonds. The fourth-order valence-electron chi connectivity index (χ4n) is 2.44. The van der Waals surface area contributed by atoms with Crippen LogP contribution < -0.4 is 5.32 Å². The number of aromatic nitrogens is 1. The van der Waals surface area contributed by atoms with E-state index in [-0.39, 0.29) is 17.7 Å². The molecule has 0 unspecified atom stereocenters. The fourth-order valence-corrected chi connectivity index (χ4v) is 2.44. The first-order chi connectivity index (χ1) is 11.6. The topological polar surface area (TPSA) is 73.6 Å². The Hall–Kier alpha value is -2.18. The second-order valence-electron chi connectivity index (χ2n) is 6.52. The number of hydrogen-bond donors (Lipinski definition) is 1. The van der Waals surface area contributed by atoms with Crippen LogP contribution in [0.3, 0.4) is 0 Å². The van der Waals surface area contributed by atoms with Gasteiger partial charge in [0.2, 0.25) is 5.91 Å². The van der Waals surface area contributed by atoms with E-state index in [1.807, 2.05) is 30.3 Å². The number of ether oxygens (including phenoxy) is 2. The molecule has 2 heterocycles. The molecule has 1 aromatic carbocycles. The van der Waals surface area contributed by atoms with Gasteiger partial charge in [-0.1, -0.05) is 42.4 Å². The Balaban J connectivity index is 1.39. The minimum Gasteiger partial charge on any atom is -0.380 e. The normalized spacial score (nSPS) is 15.7. The van der Waals surface area contributed by atoms with Crippen LogP contribution in [-0.2, 0) is 33.9 Å². The van der Waals surface area contributed by atoms with Gasteiger partial charge >= 0.3 is 0 Å². The largest absolute Gasteiger partial charge is 0.380 e. The first-order valence-corrected chi connectivity index (χ1v) is 8.04. The van der Waals surface area contributed by atoms with Gasteiger partial charge in [0.05, 0.1) is 31.9 Å². The first-order valence-electron chi connectivity index (χ1n) is 8.04. The molecule has 1 aliphatic rings. The molecule has 0 bridgehead atoms. The zero-order chi connectivity index (χ0) is 16.8. The zero-order valence-corrected chi connectivity index (χ0v) is 13.8. The van der Waals surface area contributed by atoms with Gasteiger partial charge in [-0.3, -0.25) is 4.79 Å². The van der Waals surface area contributed by atoms with Crippen LogP contribution in [0.25, 0.3) is 0 Å². The van der Waals surface area contributed by atoms with Crippen molar-refractivity contribution in [2.75, 3.05) is 19.8 Å². The lowest BCUT2D eigenvalue weighted by atomic mass is 9.89. The van der Waals surface area contributed by atoms with Gasteiger partial charge in [0, 0.05) is 18.0 Å². The molecule has 0 atom stereocenters. The first kappa shape index (κ1) is 16.7. The van der Waals surface area contributed by atoms with E-state index in [1.165, 1.54) is 0 Å². The summed E-state index contributed by atoms with van der Waals surface area (Å²) in [6, 6.07) is 11.7. The lowest BCUT2D eigenvalue weighted by Crippen LogP contribution is -2.48. The smallest absolute Gasteiger partial charge is 0.226 e. The second-order valence-corrected chi connectivity index (χ2v) is 6.52. The molecule has 24 heavy (non-hydrogen) atoms. The van der Waals surface area contributed by atoms with Crippen molar-refractivity contribution in [3.63, 3.8) is 0 Å². The number of nitrogens with one attached hydrogen (secondary N) is 1. The molecule has 6 heteroatoms. The summed E-state index contributed by atoms with van der Waals surface area (Å²) in [5, 5.41) is 6.84. The van der Waals surface area contributed by atoms with E-state index >= 15 is 0 Å². The van der Waals surface area contributed by atoms with Crippen molar-refractivity contribution < 1.29 is 18.8 Å². The van der Waals surface area contributed by atoms with E-state index in [2.05, 4.69) is 17.4 Å². The number of rotatable bonds is 8. The number of hydrogen-bond acceptors (Lipinski definition) is 5. The van der Waals surface area contributed by atoms with Crippen LogP contribution in [0.1, 0.15) is 23.9 Å². The number of carbonyl (C=O) groups is 1. The predicted molar refractivity (Wildman–Crippen MR) is 87.1 cm³/mol. The van der Waals surface area contributed by atoms with Crippen LogP contribution in [0, 0.1) is 5.41 Å². The van der Waals surface area contributed by atoms with Gasteiger partial charge in [-0.2, -0.15) is 0 Å². The Bertz CT molecular complexity index is 665. The van der Waals surface area contributed by atoms with Crippen molar-refractivity contribution in [2.45, 2.75) is 26.6 Å². The quantitative estimate of drug-likeness (QED) is 0.802. The molecule has 2 aromatic rings. The summed E-state index contributed by atoms with van der Waals surface area (Å²) in [4.78, 5) is 11.9. The summed E-state index contributed by atoms with van der Waals surface area (Å²) in [6.07, 6.45) is 0.207. The van der Waals surface area contributed by atoms with Gasteiger partial charge in [0.15, 0.2) is 5.76 Å². The molecular formula is C18H22N2O4. The van der Waals surface area contributed by atoms with Crippen LogP contribution in [0.2, 0.25) is 0 Å². The summed E-state index contributed by atoms with van der Waals surface area (Å²) in [5.74, 6) is 0.557. The van der Waals surface area contributed by atoms with Gasteiger partial charge in [0.25, 0.3) is 0 Å². The number of benzene rings is 1. The van der Waals surface area contributed by atoms with E-state index in [0.29, 0.717) is 44.4 Å². The Morgan fingerprint density at radius 2 is 2.08 bits per heavy atom. The Labute approximate surface area is 141 Å². The van der Waals surface area contributed by atoms with Crippen molar-refractivity contribution in [3.05, 3.63) is 53.4 Å². The van der Waals surface area contributed by atoms with Crippen molar-refractivity contribution in [1.82, 2.24) is 10.5 Å². The van der Waals surface area contributed by atoms with Crippen LogP contribution in [-0.4, -0.2) is 30.8 Å². The molecule has 1 aliphatic heterocycles. The van der Waals surface area contributed by atoms with Gasteiger partial charge < -0.3 is 19.3 Å². The monoisotopic (exact) mass is 330 g/mol. The molecular weight excluding hydrogens is 308 g/mol. The molecule has 1 N–H and O–H groups in total. The summed E-state index contributed by atoms with van der Waals surface area (Å²) >= 11 is 0. The van der Waals surface area contributed by atoms with Crippen molar-refractivity contribution in [3.8, 4) is 0 Å². The third kappa shape index (κ3) is 4.66. The van der Waals surface area contributed by atoms with Crippen LogP contribution in [0.5, 0.6) is 0 Å². The fraction of sp³-hybridized carbons (Fsp3) is 0.444. The van der Waals surface area contributed by atoms with Gasteiger partial charge in [-0.15, -0.1) is 0 Å². The lowest BCUT2D eigenvalue weighted by molar-refractivity contribution is -0.126. The standard InChI is InChI=1S/C18H22N2O4/c1-18(12-23-13-18)11-19-17(21)8-15-7-16(24-20-15)10-22-9-14-5-3-2-4-6-14/h2-7H,8-13H2,1H3,(H,19,21). The van der Waals surface area contributed by atoms with Crippen LogP contribution in [0.15, 0.2) is 40.9 Å². The lowest BCUT2D eigenvalue weighted by Gasteiger charge is -2.37. The molecule has 0 saturated carbocycles. The summed E-state index contributed by atoms with van der Waals surface area (Å²) < 4.78 is 16.0. The molecule has 1 fully saturated rings. The molecule has 0 aliphatic carbocycles. The van der Waals surface area contributed by atoms with Crippen molar-refractivity contribution in [1.29, 1.82) is 0 Å². The van der Waals surface area contributed by atoms with E-state index in [4.69, 9.17) is 14.0 Å². The van der Waals surface area contributed by atoms with Crippen molar-refractivity contribution in [2.24, 2.45) is 5.41 Å². The van der Waals surface area contributed by atoms with Gasteiger partial charge in [0.1, 0.15) is 6.61 Å². The average Bonchev–Trinajstić information content (AvgIpc) is 2.99. The maximum atomic E-state index is 11.9. The molecule has 3 rings (SSSR count). The predicted octanol–water partition coefficient (Wildman–Crippen LogP) is 2.09. The highest BCUT2D eigenvalue weighted by Crippen LogP contribution is 2.25. The molecule has 0 spiro atoms. The molecule has 6 nitrogen and oxygen atoms in total. The van der Waals surface area contributed by atoms with Crippen LogP contribution >= 0.6 is 0 Å². The van der Waals surface area contributed by atoms with E-state index < -0.39 is 0 Å². The summed E-state index contributed by atoms with van der Waals surface area (Å²) in [6.45, 7) is 4.95. The average molecular weight is 330 g/mol. The molecule has 1 saturated heterocycles. The third-order valence-corrected chi connectivity index (χ3v) is 3.92. The number of nitrogens with zero attached hydrogens (tertiary/aromatic N) is 1. The summed E-state index contributed by atoms with van der Waals surface area (Å²) in [7, 11) is 0. The Kier molecular flexibility index (Phi) is 5.27. The number of amides is 1. The van der Waals surface area contributed by atoms with Crippen LogP contribution in [0.4, 0.5) is 0 Å². The van der Waals surface area contributed by atoms with E-state index in [1.54, 1.807) is 6.07 Å². The van der Waals surface area contributed by atoms with E-state index in [9.17, 15) is 4.79 Å². The van der Waals surface area contributed by atoms with E-state index in [0.717, 1.165) is 5.56 Å². The molecule has 0 radical (unpaired) electrons. The minimum absolute atomic E-state index is 0.0619. The zero-order valence-electron chi connectivity index (χ0n) is 13.8. The highest BCUT2D eigenvalue weighted by Gasteiger charge is 2.33. The highest BCUT2D eigenvalue weighted by molar-refractivity contribution is 5.78.